The Morgan fingerprint density at radius 1 is 1.10 bits per heavy atom. The number of aromatic nitrogens is 2. The summed E-state index contributed by atoms with van der Waals surface area (Å²) in [5.41, 5.74) is 3.07. The van der Waals surface area contributed by atoms with Crippen LogP contribution in [0.5, 0.6) is 0 Å². The minimum atomic E-state index is -0.439. The van der Waals surface area contributed by atoms with Crippen molar-refractivity contribution in [3.63, 3.8) is 0 Å². The first-order valence-electron chi connectivity index (χ1n) is 9.95. The van der Waals surface area contributed by atoms with Gasteiger partial charge in [-0.3, -0.25) is 4.79 Å². The minimum Gasteiger partial charge on any atom is -0.378 e. The van der Waals surface area contributed by atoms with Crippen LogP contribution in [-0.4, -0.2) is 46.7 Å². The molecular weight excluding hydrogens is 430 g/mol. The van der Waals surface area contributed by atoms with Crippen molar-refractivity contribution in [3.05, 3.63) is 76.5 Å². The van der Waals surface area contributed by atoms with E-state index in [2.05, 4.69) is 67.9 Å². The number of carbonyl (C=O) groups excluding carboxylic acids is 1. The largest absolute Gasteiger partial charge is 0.378 e. The number of halogens is 1. The van der Waals surface area contributed by atoms with Crippen LogP contribution in [0.3, 0.4) is 0 Å². The van der Waals surface area contributed by atoms with Gasteiger partial charge in [0.1, 0.15) is 5.82 Å². The molecule has 2 aliphatic rings. The average molecular weight is 452 g/mol. The van der Waals surface area contributed by atoms with Crippen LogP contribution < -0.4 is 0 Å². The Morgan fingerprint density at radius 2 is 1.86 bits per heavy atom. The first kappa shape index (κ1) is 18.6. The van der Waals surface area contributed by atoms with Gasteiger partial charge in [-0.2, -0.15) is 0 Å². The van der Waals surface area contributed by atoms with Crippen LogP contribution in [0.2, 0.25) is 0 Å². The Hall–Kier alpha value is -2.44. The number of hydrogen-bond acceptors (Lipinski definition) is 3. The molecule has 2 aromatic carbocycles. The molecule has 3 heterocycles. The van der Waals surface area contributed by atoms with Crippen molar-refractivity contribution < 1.29 is 9.53 Å². The normalized spacial score (nSPS) is 20.4. The van der Waals surface area contributed by atoms with E-state index in [1.165, 1.54) is 11.1 Å². The monoisotopic (exact) mass is 451 g/mol. The van der Waals surface area contributed by atoms with Crippen LogP contribution >= 0.6 is 15.9 Å². The molecule has 1 unspecified atom stereocenters. The molecule has 2 aliphatic heterocycles. The highest BCUT2D eigenvalue weighted by molar-refractivity contribution is 9.10. The van der Waals surface area contributed by atoms with E-state index in [-0.39, 0.29) is 5.91 Å². The SMILES string of the molecule is O=C(CCC1(c2ccc(Br)cc2)c2ccccc2-c2nccn21)N1CCOCC1. The summed E-state index contributed by atoms with van der Waals surface area (Å²) in [7, 11) is 0. The van der Waals surface area contributed by atoms with Gasteiger partial charge in [0.25, 0.3) is 0 Å². The van der Waals surface area contributed by atoms with Crippen molar-refractivity contribution in [2.24, 2.45) is 0 Å². The second kappa shape index (κ2) is 7.43. The molecule has 5 rings (SSSR count). The molecule has 0 radical (unpaired) electrons. The van der Waals surface area contributed by atoms with Gasteiger partial charge in [0.2, 0.25) is 5.91 Å². The molecule has 1 fully saturated rings. The lowest BCUT2D eigenvalue weighted by atomic mass is 9.79. The highest BCUT2D eigenvalue weighted by atomic mass is 79.9. The van der Waals surface area contributed by atoms with Gasteiger partial charge in [0, 0.05) is 41.9 Å². The van der Waals surface area contributed by atoms with E-state index in [0.29, 0.717) is 39.1 Å². The van der Waals surface area contributed by atoms with Crippen molar-refractivity contribution in [2.45, 2.75) is 18.4 Å². The van der Waals surface area contributed by atoms with Crippen LogP contribution in [0.15, 0.2) is 65.4 Å². The second-order valence-corrected chi connectivity index (χ2v) is 8.44. The van der Waals surface area contributed by atoms with Gasteiger partial charge in [-0.05, 0) is 29.7 Å². The Labute approximate surface area is 178 Å². The average Bonchev–Trinajstić information content (AvgIpc) is 3.35. The maximum atomic E-state index is 13.0. The van der Waals surface area contributed by atoms with Crippen molar-refractivity contribution in [1.82, 2.24) is 14.5 Å². The van der Waals surface area contributed by atoms with E-state index in [9.17, 15) is 4.79 Å². The maximum Gasteiger partial charge on any atom is 0.222 e. The van der Waals surface area contributed by atoms with Crippen LogP contribution in [-0.2, 0) is 15.1 Å². The number of imidazole rings is 1. The van der Waals surface area contributed by atoms with Crippen molar-refractivity contribution in [1.29, 1.82) is 0 Å². The van der Waals surface area contributed by atoms with Gasteiger partial charge in [0.15, 0.2) is 0 Å². The fraction of sp³-hybridized carbons (Fsp3) is 0.304. The van der Waals surface area contributed by atoms with Gasteiger partial charge in [-0.25, -0.2) is 4.98 Å². The van der Waals surface area contributed by atoms with E-state index >= 15 is 0 Å². The number of hydrogen-bond donors (Lipinski definition) is 0. The molecule has 148 valence electrons. The fourth-order valence-corrected chi connectivity index (χ4v) is 4.92. The highest BCUT2D eigenvalue weighted by Crippen LogP contribution is 2.49. The fourth-order valence-electron chi connectivity index (χ4n) is 4.66. The molecule has 0 saturated carbocycles. The Balaban J connectivity index is 1.58. The van der Waals surface area contributed by atoms with E-state index in [1.54, 1.807) is 0 Å². The molecule has 0 bridgehead atoms. The summed E-state index contributed by atoms with van der Waals surface area (Å²) in [5, 5.41) is 0. The standard InChI is InChI=1S/C23H22BrN3O2/c24-18-7-5-17(6-8-18)23(10-9-21(28)26-13-15-29-16-14-26)20-4-2-1-3-19(20)22-25-11-12-27(22)23/h1-8,11-12H,9-10,13-16H2. The molecule has 0 N–H and O–H groups in total. The minimum absolute atomic E-state index is 0.191. The Bertz CT molecular complexity index is 1040. The summed E-state index contributed by atoms with van der Waals surface area (Å²) in [6.07, 6.45) is 5.05. The molecule has 0 spiro atoms. The molecule has 29 heavy (non-hydrogen) atoms. The molecule has 1 aromatic heterocycles. The van der Waals surface area contributed by atoms with Crippen LogP contribution in [0, 0.1) is 0 Å². The number of morpholine rings is 1. The zero-order valence-electron chi connectivity index (χ0n) is 16.1. The molecule has 1 saturated heterocycles. The number of benzene rings is 2. The Kier molecular flexibility index (Phi) is 4.76. The molecule has 1 amide bonds. The second-order valence-electron chi connectivity index (χ2n) is 7.53. The summed E-state index contributed by atoms with van der Waals surface area (Å²) in [5.74, 6) is 1.15. The third-order valence-corrected chi connectivity index (χ3v) is 6.58. The number of rotatable bonds is 4. The lowest BCUT2D eigenvalue weighted by molar-refractivity contribution is -0.135. The summed E-state index contributed by atoms with van der Waals surface area (Å²) in [4.78, 5) is 19.5. The van der Waals surface area contributed by atoms with E-state index in [1.807, 2.05) is 23.4 Å². The third kappa shape index (κ3) is 3.02. The predicted molar refractivity (Wildman–Crippen MR) is 115 cm³/mol. The first-order chi connectivity index (χ1) is 14.2. The van der Waals surface area contributed by atoms with Crippen molar-refractivity contribution in [3.8, 4) is 11.4 Å². The highest BCUT2D eigenvalue weighted by Gasteiger charge is 2.45. The van der Waals surface area contributed by atoms with Gasteiger partial charge in [-0.1, -0.05) is 52.3 Å². The zero-order valence-corrected chi connectivity index (χ0v) is 17.6. The van der Waals surface area contributed by atoms with Gasteiger partial charge in [-0.15, -0.1) is 0 Å². The van der Waals surface area contributed by atoms with Crippen LogP contribution in [0.4, 0.5) is 0 Å². The number of amides is 1. The number of fused-ring (bicyclic) bond motifs is 3. The number of ether oxygens (including phenoxy) is 1. The maximum absolute atomic E-state index is 13.0. The van der Waals surface area contributed by atoms with Gasteiger partial charge < -0.3 is 14.2 Å². The lowest BCUT2D eigenvalue weighted by Crippen LogP contribution is -2.42. The molecule has 6 heteroatoms. The summed E-state index contributed by atoms with van der Waals surface area (Å²) in [6.45, 7) is 2.60. The molecule has 1 atom stereocenters. The summed E-state index contributed by atoms with van der Waals surface area (Å²) in [6, 6.07) is 16.8. The number of carbonyl (C=O) groups is 1. The van der Waals surface area contributed by atoms with Crippen molar-refractivity contribution in [2.75, 3.05) is 26.3 Å². The van der Waals surface area contributed by atoms with E-state index < -0.39 is 5.54 Å². The first-order valence-corrected chi connectivity index (χ1v) is 10.7. The van der Waals surface area contributed by atoms with Crippen LogP contribution in [0.1, 0.15) is 24.0 Å². The zero-order chi connectivity index (χ0) is 19.8. The molecule has 3 aromatic rings. The third-order valence-electron chi connectivity index (χ3n) is 6.05. The molecule has 5 nitrogen and oxygen atoms in total. The lowest BCUT2D eigenvalue weighted by Gasteiger charge is -2.35. The summed E-state index contributed by atoms with van der Waals surface area (Å²) < 4.78 is 8.68. The van der Waals surface area contributed by atoms with E-state index in [0.717, 1.165) is 15.9 Å². The van der Waals surface area contributed by atoms with Gasteiger partial charge >= 0.3 is 0 Å². The Morgan fingerprint density at radius 3 is 2.66 bits per heavy atom. The van der Waals surface area contributed by atoms with Crippen molar-refractivity contribution >= 4 is 21.8 Å². The number of nitrogens with zero attached hydrogens (tertiary/aromatic N) is 3. The molecular formula is C23H22BrN3O2. The van der Waals surface area contributed by atoms with E-state index in [4.69, 9.17) is 4.74 Å². The molecule has 0 aliphatic carbocycles. The van der Waals surface area contributed by atoms with Gasteiger partial charge in [0.05, 0.1) is 18.8 Å². The predicted octanol–water partition coefficient (Wildman–Crippen LogP) is 4.06. The smallest absolute Gasteiger partial charge is 0.222 e. The quantitative estimate of drug-likeness (QED) is 0.600. The van der Waals surface area contributed by atoms with Crippen LogP contribution in [0.25, 0.3) is 11.4 Å². The summed E-state index contributed by atoms with van der Waals surface area (Å²) >= 11 is 3.55. The topological polar surface area (TPSA) is 47.4 Å².